The summed E-state index contributed by atoms with van der Waals surface area (Å²) in [6.07, 6.45) is -3.57. The van der Waals surface area contributed by atoms with E-state index in [2.05, 4.69) is 11.7 Å². The van der Waals surface area contributed by atoms with Gasteiger partial charge in [-0.2, -0.15) is 34.8 Å². The molecule has 0 saturated heterocycles. The van der Waals surface area contributed by atoms with Crippen molar-refractivity contribution in [2.75, 3.05) is 5.75 Å². The molecule has 5 nitrogen and oxygen atoms in total. The van der Waals surface area contributed by atoms with E-state index in [9.17, 15) is 39.6 Å². The van der Waals surface area contributed by atoms with Crippen LogP contribution in [0.3, 0.4) is 0 Å². The molecule has 0 spiro atoms. The summed E-state index contributed by atoms with van der Waals surface area (Å²) in [6, 6.07) is 0. The number of ether oxygens (including phenoxy) is 1. The normalized spacial score (nSPS) is 13.5. The zero-order valence-corrected chi connectivity index (χ0v) is 17.8. The minimum Gasteiger partial charge on any atom is -0.438 e. The standard InChI is InChI=1S/C18H30F6O5S/c1-2-3-4-5-6-7-8-9-10-11-12-13-15(25)29-16(17(19,20)21,18(22,23)24)14-30(26,27)28/h2-14H2,1H3,(H,26,27,28). The van der Waals surface area contributed by atoms with Crippen molar-refractivity contribution in [3.8, 4) is 0 Å². The van der Waals surface area contributed by atoms with Crippen LogP contribution in [-0.2, 0) is 19.6 Å². The molecule has 180 valence electrons. The Bertz CT molecular complexity index is 587. The molecule has 0 radical (unpaired) electrons. The SMILES string of the molecule is CCCCCCCCCCCCCC(=O)OC(CS(=O)(=O)O)(C(F)(F)F)C(F)(F)F. The quantitative estimate of drug-likeness (QED) is 0.137. The van der Waals surface area contributed by atoms with Crippen LogP contribution in [0, 0.1) is 0 Å². The summed E-state index contributed by atoms with van der Waals surface area (Å²) in [5.74, 6) is -4.68. The Balaban J connectivity index is 4.52. The molecule has 0 atom stereocenters. The van der Waals surface area contributed by atoms with Crippen molar-refractivity contribution in [2.45, 2.75) is 102 Å². The minimum absolute atomic E-state index is 0.00695. The first kappa shape index (κ1) is 29.0. The maximum absolute atomic E-state index is 13.0. The van der Waals surface area contributed by atoms with Crippen LogP contribution in [0.5, 0.6) is 0 Å². The van der Waals surface area contributed by atoms with Gasteiger partial charge in [0.15, 0.2) is 0 Å². The number of unbranched alkanes of at least 4 members (excludes halogenated alkanes) is 10. The van der Waals surface area contributed by atoms with E-state index in [1.165, 1.54) is 12.8 Å². The van der Waals surface area contributed by atoms with Crippen molar-refractivity contribution >= 4 is 16.1 Å². The molecule has 0 amide bonds. The van der Waals surface area contributed by atoms with Crippen molar-refractivity contribution in [1.29, 1.82) is 0 Å². The van der Waals surface area contributed by atoms with E-state index in [1.807, 2.05) is 0 Å². The number of hydrogen-bond acceptors (Lipinski definition) is 4. The molecule has 12 heteroatoms. The molecule has 0 bridgehead atoms. The smallest absolute Gasteiger partial charge is 0.438 e. The molecule has 0 heterocycles. The molecular formula is C18H30F6O5S. The molecule has 30 heavy (non-hydrogen) atoms. The monoisotopic (exact) mass is 472 g/mol. The summed E-state index contributed by atoms with van der Waals surface area (Å²) < 4.78 is 112. The fourth-order valence-corrected chi connectivity index (χ4v) is 3.81. The van der Waals surface area contributed by atoms with Gasteiger partial charge in [0.05, 0.1) is 0 Å². The molecule has 0 fully saturated rings. The van der Waals surface area contributed by atoms with Gasteiger partial charge in [0.1, 0.15) is 5.75 Å². The topological polar surface area (TPSA) is 80.7 Å². The van der Waals surface area contributed by atoms with Gasteiger partial charge < -0.3 is 4.74 Å². The number of carbonyl (C=O) groups is 1. The van der Waals surface area contributed by atoms with Crippen LogP contribution in [0.1, 0.15) is 84.0 Å². The summed E-state index contributed by atoms with van der Waals surface area (Å²) in [6.45, 7) is 2.12. The lowest BCUT2D eigenvalue weighted by atomic mass is 10.0. The first-order valence-electron chi connectivity index (χ1n) is 9.97. The Morgan fingerprint density at radius 2 is 1.13 bits per heavy atom. The van der Waals surface area contributed by atoms with Crippen molar-refractivity contribution < 1.29 is 48.8 Å². The lowest BCUT2D eigenvalue weighted by Crippen LogP contribution is -2.63. The van der Waals surface area contributed by atoms with Gasteiger partial charge in [-0.05, 0) is 6.42 Å². The van der Waals surface area contributed by atoms with E-state index in [1.54, 1.807) is 0 Å². The van der Waals surface area contributed by atoms with E-state index in [4.69, 9.17) is 4.55 Å². The number of carbonyl (C=O) groups excluding carboxylic acids is 1. The van der Waals surface area contributed by atoms with Gasteiger partial charge in [0.25, 0.3) is 10.1 Å². The van der Waals surface area contributed by atoms with Crippen LogP contribution in [0.4, 0.5) is 26.3 Å². The number of rotatable bonds is 15. The van der Waals surface area contributed by atoms with Crippen LogP contribution in [0.2, 0.25) is 0 Å². The number of halogens is 6. The second-order valence-corrected chi connectivity index (χ2v) is 8.76. The molecule has 0 saturated carbocycles. The first-order valence-corrected chi connectivity index (χ1v) is 11.6. The second-order valence-electron chi connectivity index (χ2n) is 7.31. The van der Waals surface area contributed by atoms with Crippen LogP contribution in [-0.4, -0.2) is 42.6 Å². The Morgan fingerprint density at radius 1 is 0.767 bits per heavy atom. The summed E-state index contributed by atoms with van der Waals surface area (Å²) >= 11 is 0. The van der Waals surface area contributed by atoms with E-state index in [0.29, 0.717) is 12.8 Å². The van der Waals surface area contributed by atoms with E-state index >= 15 is 0 Å². The molecule has 0 rings (SSSR count). The Labute approximate surface area is 173 Å². The van der Waals surface area contributed by atoms with Crippen LogP contribution in [0.15, 0.2) is 0 Å². The molecule has 0 aliphatic heterocycles. The highest BCUT2D eigenvalue weighted by atomic mass is 32.2. The average molecular weight is 472 g/mol. The number of alkyl halides is 6. The van der Waals surface area contributed by atoms with Crippen LogP contribution in [0.25, 0.3) is 0 Å². The lowest BCUT2D eigenvalue weighted by Gasteiger charge is -2.35. The molecule has 0 aromatic rings. The summed E-state index contributed by atoms with van der Waals surface area (Å²) in [5, 5.41) is 0. The molecule has 0 aliphatic rings. The number of esters is 1. The Kier molecular flexibility index (Phi) is 12.3. The fraction of sp³-hybridized carbons (Fsp3) is 0.944. The summed E-state index contributed by atoms with van der Waals surface area (Å²) in [5.41, 5.74) is -5.32. The van der Waals surface area contributed by atoms with Gasteiger partial charge in [-0.3, -0.25) is 9.35 Å². The third-order valence-electron chi connectivity index (χ3n) is 4.57. The molecule has 1 N–H and O–H groups in total. The van der Waals surface area contributed by atoms with Crippen LogP contribution >= 0.6 is 0 Å². The van der Waals surface area contributed by atoms with Crippen molar-refractivity contribution in [1.82, 2.24) is 0 Å². The zero-order chi connectivity index (χ0) is 23.5. The molecule has 0 aromatic heterocycles. The maximum atomic E-state index is 13.0. The van der Waals surface area contributed by atoms with Gasteiger partial charge in [-0.25, -0.2) is 0 Å². The maximum Gasteiger partial charge on any atom is 0.438 e. The van der Waals surface area contributed by atoms with Crippen molar-refractivity contribution in [3.05, 3.63) is 0 Å². The molecule has 0 unspecified atom stereocenters. The first-order chi connectivity index (χ1) is 13.7. The predicted octanol–water partition coefficient (Wildman–Crippen LogP) is 5.98. The second kappa shape index (κ2) is 12.7. The van der Waals surface area contributed by atoms with Gasteiger partial charge in [-0.15, -0.1) is 0 Å². The van der Waals surface area contributed by atoms with E-state index in [0.717, 1.165) is 38.5 Å². The lowest BCUT2D eigenvalue weighted by molar-refractivity contribution is -0.361. The highest BCUT2D eigenvalue weighted by Gasteiger charge is 2.75. The van der Waals surface area contributed by atoms with Gasteiger partial charge in [0, 0.05) is 6.42 Å². The van der Waals surface area contributed by atoms with Crippen LogP contribution < -0.4 is 0 Å². The highest BCUT2D eigenvalue weighted by Crippen LogP contribution is 2.47. The van der Waals surface area contributed by atoms with Gasteiger partial charge in [-0.1, -0.05) is 71.1 Å². The van der Waals surface area contributed by atoms with E-state index in [-0.39, 0.29) is 6.42 Å². The van der Waals surface area contributed by atoms with E-state index < -0.39 is 46.2 Å². The van der Waals surface area contributed by atoms with Crippen molar-refractivity contribution in [3.63, 3.8) is 0 Å². The predicted molar refractivity (Wildman–Crippen MR) is 98.4 cm³/mol. The third-order valence-corrected chi connectivity index (χ3v) is 5.35. The molecular weight excluding hydrogens is 442 g/mol. The van der Waals surface area contributed by atoms with Gasteiger partial charge >= 0.3 is 23.9 Å². The Morgan fingerprint density at radius 3 is 1.47 bits per heavy atom. The zero-order valence-electron chi connectivity index (χ0n) is 16.9. The largest absolute Gasteiger partial charge is 0.438 e. The molecule has 0 aliphatic carbocycles. The highest BCUT2D eigenvalue weighted by molar-refractivity contribution is 7.85. The van der Waals surface area contributed by atoms with Crippen molar-refractivity contribution in [2.24, 2.45) is 0 Å². The summed E-state index contributed by atoms with van der Waals surface area (Å²) in [4.78, 5) is 11.6. The third kappa shape index (κ3) is 10.8. The Hall–Kier alpha value is -1.04. The minimum atomic E-state index is -6.28. The molecule has 0 aromatic carbocycles. The van der Waals surface area contributed by atoms with Gasteiger partial charge in [0.2, 0.25) is 0 Å². The average Bonchev–Trinajstić information content (AvgIpc) is 2.56. The summed E-state index contributed by atoms with van der Waals surface area (Å²) in [7, 11) is -5.76. The number of hydrogen-bond donors (Lipinski definition) is 1. The fourth-order valence-electron chi connectivity index (χ4n) is 2.91.